The molecule has 2 heteroatoms. The lowest BCUT2D eigenvalue weighted by atomic mass is 9.86. The average molecular weight is 206 g/mol. The smallest absolute Gasteiger partial charge is 0.0109 e. The van der Waals surface area contributed by atoms with Crippen molar-refractivity contribution in [3.05, 3.63) is 0 Å². The summed E-state index contributed by atoms with van der Waals surface area (Å²) in [6.07, 6.45) is 1.26. The maximum Gasteiger partial charge on any atom is 0.0109 e. The van der Waals surface area contributed by atoms with Gasteiger partial charge in [0.15, 0.2) is 0 Å². The predicted octanol–water partition coefficient (Wildman–Crippen LogP) is 3.86. The van der Waals surface area contributed by atoms with Crippen molar-refractivity contribution in [3.8, 4) is 0 Å². The van der Waals surface area contributed by atoms with E-state index in [2.05, 4.69) is 47.2 Å². The van der Waals surface area contributed by atoms with Gasteiger partial charge in [-0.15, -0.1) is 0 Å². The van der Waals surface area contributed by atoms with Gasteiger partial charge in [-0.25, -0.2) is 0 Å². The van der Waals surface area contributed by atoms with E-state index in [0.717, 1.165) is 11.5 Å². The van der Waals surface area contributed by atoms with Crippen molar-refractivity contribution in [3.63, 3.8) is 0 Å². The molecule has 0 unspecified atom stereocenters. The minimum atomic E-state index is 0.404. The monoisotopic (exact) mass is 206 g/mol. The molecule has 0 aliphatic carbocycles. The van der Waals surface area contributed by atoms with E-state index in [0.29, 0.717) is 10.2 Å². The second kappa shape index (κ2) is 4.80. The van der Waals surface area contributed by atoms with Crippen molar-refractivity contribution in [2.24, 2.45) is 5.41 Å². The van der Waals surface area contributed by atoms with E-state index in [-0.39, 0.29) is 0 Å². The van der Waals surface area contributed by atoms with Gasteiger partial charge in [0.05, 0.1) is 0 Å². The zero-order valence-electron chi connectivity index (χ0n) is 8.98. The summed E-state index contributed by atoms with van der Waals surface area (Å²) < 4.78 is 0.404. The molecular weight excluding hydrogens is 184 g/mol. The first-order chi connectivity index (χ1) is 5.27. The van der Waals surface area contributed by atoms with Gasteiger partial charge in [-0.2, -0.15) is 24.4 Å². The summed E-state index contributed by atoms with van der Waals surface area (Å²) in [6.45, 7) is 11.6. The van der Waals surface area contributed by atoms with Crippen LogP contribution in [0, 0.1) is 5.41 Å². The van der Waals surface area contributed by atoms with Crippen molar-refractivity contribution in [2.45, 2.75) is 45.8 Å². The lowest BCUT2D eigenvalue weighted by Gasteiger charge is -2.31. The lowest BCUT2D eigenvalue weighted by Crippen LogP contribution is -2.24. The molecule has 0 fully saturated rings. The maximum absolute atomic E-state index is 4.22. The lowest BCUT2D eigenvalue weighted by molar-refractivity contribution is 0.339. The molecule has 0 saturated heterocycles. The Hall–Kier alpha value is 0.700. The van der Waals surface area contributed by atoms with Crippen LogP contribution < -0.4 is 0 Å². The van der Waals surface area contributed by atoms with E-state index in [4.69, 9.17) is 0 Å². The largest absolute Gasteiger partial charge is 0.179 e. The first-order valence-corrected chi connectivity index (χ1v) is 6.13. The first-order valence-electron chi connectivity index (χ1n) is 4.52. The second-order valence-corrected chi connectivity index (χ2v) is 7.32. The van der Waals surface area contributed by atoms with Crippen molar-refractivity contribution in [1.29, 1.82) is 0 Å². The highest BCUT2D eigenvalue weighted by Crippen LogP contribution is 2.36. The van der Waals surface area contributed by atoms with Crippen LogP contribution in [0.4, 0.5) is 0 Å². The zero-order valence-corrected chi connectivity index (χ0v) is 10.7. The second-order valence-electron chi connectivity index (χ2n) is 5.07. The molecular formula is C10H22S2. The minimum absolute atomic E-state index is 0.404. The Bertz CT molecular complexity index is 122. The molecule has 0 aromatic carbocycles. The number of thiol groups is 1. The van der Waals surface area contributed by atoms with Gasteiger partial charge in [0.25, 0.3) is 0 Å². The van der Waals surface area contributed by atoms with Crippen molar-refractivity contribution in [2.75, 3.05) is 11.5 Å². The summed E-state index contributed by atoms with van der Waals surface area (Å²) in [7, 11) is 0. The van der Waals surface area contributed by atoms with Crippen LogP contribution >= 0.6 is 24.4 Å². The molecule has 0 bridgehead atoms. The van der Waals surface area contributed by atoms with E-state index < -0.39 is 0 Å². The molecule has 0 N–H and O–H groups in total. The molecule has 0 amide bonds. The Balaban J connectivity index is 3.86. The Morgan fingerprint density at radius 2 is 1.58 bits per heavy atom. The van der Waals surface area contributed by atoms with Gasteiger partial charge in [-0.05, 0) is 17.6 Å². The van der Waals surface area contributed by atoms with Gasteiger partial charge in [-0.1, -0.05) is 34.6 Å². The summed E-state index contributed by atoms with van der Waals surface area (Å²) in [5.74, 6) is 2.14. The van der Waals surface area contributed by atoms with Crippen LogP contribution in [0.25, 0.3) is 0 Å². The summed E-state index contributed by atoms with van der Waals surface area (Å²) >= 11 is 6.25. The summed E-state index contributed by atoms with van der Waals surface area (Å²) in [6, 6.07) is 0. The molecule has 0 aromatic rings. The van der Waals surface area contributed by atoms with Gasteiger partial charge in [0, 0.05) is 10.5 Å². The molecule has 12 heavy (non-hydrogen) atoms. The Labute approximate surface area is 87.3 Å². The van der Waals surface area contributed by atoms with Crippen LogP contribution in [0.15, 0.2) is 0 Å². The predicted molar refractivity (Wildman–Crippen MR) is 64.5 cm³/mol. The molecule has 0 spiro atoms. The fourth-order valence-electron chi connectivity index (χ4n) is 1.65. The molecule has 0 aliphatic heterocycles. The van der Waals surface area contributed by atoms with Crippen LogP contribution in [0.1, 0.15) is 41.0 Å². The first kappa shape index (κ1) is 12.7. The van der Waals surface area contributed by atoms with Gasteiger partial charge in [0.2, 0.25) is 0 Å². The fraction of sp³-hybridized carbons (Fsp3) is 1.00. The normalized spacial score (nSPS) is 13.5. The van der Waals surface area contributed by atoms with E-state index >= 15 is 0 Å². The molecule has 0 aromatic heterocycles. The van der Waals surface area contributed by atoms with Gasteiger partial charge >= 0.3 is 0 Å². The number of thioether (sulfide) groups is 1. The molecule has 0 atom stereocenters. The van der Waals surface area contributed by atoms with Gasteiger partial charge in [0.1, 0.15) is 0 Å². The van der Waals surface area contributed by atoms with E-state index in [1.807, 2.05) is 11.8 Å². The van der Waals surface area contributed by atoms with Crippen LogP contribution in [-0.2, 0) is 0 Å². The highest BCUT2D eigenvalue weighted by molar-refractivity contribution is 8.01. The molecule has 0 nitrogen and oxygen atoms in total. The highest BCUT2D eigenvalue weighted by Gasteiger charge is 2.25. The molecule has 0 heterocycles. The minimum Gasteiger partial charge on any atom is -0.179 e. The fourth-order valence-corrected chi connectivity index (χ4v) is 3.10. The quantitative estimate of drug-likeness (QED) is 0.682. The molecule has 0 aliphatic rings. The number of rotatable bonds is 4. The summed E-state index contributed by atoms with van der Waals surface area (Å²) in [5.41, 5.74) is 0.438. The van der Waals surface area contributed by atoms with Crippen LogP contribution in [0.3, 0.4) is 0 Å². The Morgan fingerprint density at radius 1 is 1.08 bits per heavy atom. The molecule has 0 radical (unpaired) electrons. The van der Waals surface area contributed by atoms with E-state index in [1.165, 1.54) is 6.42 Å². The van der Waals surface area contributed by atoms with Crippen LogP contribution in [0.5, 0.6) is 0 Å². The topological polar surface area (TPSA) is 0 Å². The molecule has 74 valence electrons. The standard InChI is InChI=1S/C10H22S2/c1-9(2,3)8-10(4,5)12-7-6-11/h11H,6-8H2,1-5H3. The summed E-state index contributed by atoms with van der Waals surface area (Å²) in [5, 5.41) is 0. The van der Waals surface area contributed by atoms with Crippen LogP contribution in [-0.4, -0.2) is 16.3 Å². The van der Waals surface area contributed by atoms with Gasteiger partial charge < -0.3 is 0 Å². The SMILES string of the molecule is CC(C)(C)CC(C)(C)SCCS. The van der Waals surface area contributed by atoms with Crippen LogP contribution in [0.2, 0.25) is 0 Å². The molecule has 0 rings (SSSR count). The van der Waals surface area contributed by atoms with E-state index in [9.17, 15) is 0 Å². The summed E-state index contributed by atoms with van der Waals surface area (Å²) in [4.78, 5) is 0. The van der Waals surface area contributed by atoms with Crippen molar-refractivity contribution >= 4 is 24.4 Å². The van der Waals surface area contributed by atoms with Crippen molar-refractivity contribution in [1.82, 2.24) is 0 Å². The zero-order chi connectivity index (χ0) is 9.83. The molecule has 0 saturated carbocycles. The van der Waals surface area contributed by atoms with E-state index in [1.54, 1.807) is 0 Å². The maximum atomic E-state index is 4.22. The Morgan fingerprint density at radius 3 is 1.92 bits per heavy atom. The third kappa shape index (κ3) is 7.35. The van der Waals surface area contributed by atoms with Crippen molar-refractivity contribution < 1.29 is 0 Å². The third-order valence-electron chi connectivity index (χ3n) is 1.54. The number of hydrogen-bond acceptors (Lipinski definition) is 2. The third-order valence-corrected chi connectivity index (χ3v) is 3.40. The van der Waals surface area contributed by atoms with Gasteiger partial charge in [-0.3, -0.25) is 0 Å². The number of hydrogen-bond donors (Lipinski definition) is 1. The highest BCUT2D eigenvalue weighted by atomic mass is 32.2. The Kier molecular flexibility index (Phi) is 5.08. The average Bonchev–Trinajstić information content (AvgIpc) is 1.78.